The summed E-state index contributed by atoms with van der Waals surface area (Å²) in [7, 11) is 0. The van der Waals surface area contributed by atoms with E-state index in [4.69, 9.17) is 5.11 Å². The maximum atomic E-state index is 10.8. The predicted molar refractivity (Wildman–Crippen MR) is 42.6 cm³/mol. The molecule has 1 aromatic heterocycles. The van der Waals surface area contributed by atoms with Crippen LogP contribution in [-0.4, -0.2) is 26.1 Å². The fraction of sp³-hybridized carbons (Fsp3) is 0.500. The molecule has 0 amide bonds. The first-order chi connectivity index (χ1) is 5.65. The quantitative estimate of drug-likeness (QED) is 0.811. The predicted octanol–water partition coefficient (Wildman–Crippen LogP) is 0.614. The summed E-state index contributed by atoms with van der Waals surface area (Å²) in [6.45, 7) is 0. The Hall–Kier alpha value is -0.910. The summed E-state index contributed by atoms with van der Waals surface area (Å²) in [5.41, 5.74) is -0.807. The largest absolute Gasteiger partial charge is 0.479 e. The van der Waals surface area contributed by atoms with E-state index < -0.39 is 11.5 Å². The van der Waals surface area contributed by atoms with Gasteiger partial charge in [-0.2, -0.15) is 0 Å². The first-order valence-corrected chi connectivity index (χ1v) is 4.26. The fourth-order valence-electron chi connectivity index (χ4n) is 1.11. The van der Waals surface area contributed by atoms with Gasteiger partial charge in [0, 0.05) is 0 Å². The summed E-state index contributed by atoms with van der Waals surface area (Å²) in [6.07, 6.45) is 2.86. The van der Waals surface area contributed by atoms with Gasteiger partial charge in [-0.15, -0.1) is 5.10 Å². The van der Waals surface area contributed by atoms with E-state index in [9.17, 15) is 4.79 Å². The summed E-state index contributed by atoms with van der Waals surface area (Å²) in [4.78, 5) is 10.8. The van der Waals surface area contributed by atoms with Crippen LogP contribution in [0.2, 0.25) is 0 Å². The van der Waals surface area contributed by atoms with Gasteiger partial charge >= 0.3 is 5.97 Å². The molecule has 12 heavy (non-hydrogen) atoms. The van der Waals surface area contributed by atoms with Crippen molar-refractivity contribution in [3.8, 4) is 0 Å². The molecule has 5 nitrogen and oxygen atoms in total. The normalized spacial score (nSPS) is 19.1. The third-order valence-electron chi connectivity index (χ3n) is 2.03. The number of aromatic nitrogens is 3. The van der Waals surface area contributed by atoms with E-state index in [2.05, 4.69) is 26.2 Å². The van der Waals surface area contributed by atoms with E-state index in [1.807, 2.05) is 0 Å². The summed E-state index contributed by atoms with van der Waals surface area (Å²) in [5, 5.41) is 16.2. The molecular formula is C6H6BrN3O2. The van der Waals surface area contributed by atoms with Crippen LogP contribution in [0.3, 0.4) is 0 Å². The molecular weight excluding hydrogens is 226 g/mol. The maximum absolute atomic E-state index is 10.8. The van der Waals surface area contributed by atoms with Crippen molar-refractivity contribution in [2.24, 2.45) is 0 Å². The second-order valence-corrected chi connectivity index (χ2v) is 3.64. The van der Waals surface area contributed by atoms with Crippen LogP contribution in [0.25, 0.3) is 0 Å². The molecule has 0 unspecified atom stereocenters. The minimum absolute atomic E-state index is 0.565. The highest BCUT2D eigenvalue weighted by Crippen LogP contribution is 2.43. The van der Waals surface area contributed by atoms with E-state index in [0.29, 0.717) is 17.4 Å². The van der Waals surface area contributed by atoms with Gasteiger partial charge in [0.2, 0.25) is 0 Å². The van der Waals surface area contributed by atoms with Crippen molar-refractivity contribution in [3.05, 3.63) is 10.8 Å². The Morgan fingerprint density at radius 3 is 2.75 bits per heavy atom. The molecule has 1 aliphatic rings. The van der Waals surface area contributed by atoms with Gasteiger partial charge in [-0.05, 0) is 28.8 Å². The number of carboxylic acids is 1. The molecule has 1 aliphatic carbocycles. The minimum Gasteiger partial charge on any atom is -0.479 e. The average Bonchev–Trinajstić information content (AvgIpc) is 2.71. The van der Waals surface area contributed by atoms with Crippen LogP contribution >= 0.6 is 15.9 Å². The first-order valence-electron chi connectivity index (χ1n) is 3.47. The zero-order valence-electron chi connectivity index (χ0n) is 6.07. The lowest BCUT2D eigenvalue weighted by atomic mass is 10.3. The minimum atomic E-state index is -0.833. The van der Waals surface area contributed by atoms with Crippen molar-refractivity contribution in [3.63, 3.8) is 0 Å². The van der Waals surface area contributed by atoms with E-state index in [1.165, 1.54) is 4.68 Å². The lowest BCUT2D eigenvalue weighted by molar-refractivity contribution is -0.142. The van der Waals surface area contributed by atoms with Gasteiger partial charge in [0.05, 0.1) is 6.20 Å². The molecule has 0 aromatic carbocycles. The highest BCUT2D eigenvalue weighted by Gasteiger charge is 2.53. The van der Waals surface area contributed by atoms with E-state index in [0.717, 1.165) is 0 Å². The van der Waals surface area contributed by atoms with Crippen molar-refractivity contribution >= 4 is 21.9 Å². The average molecular weight is 232 g/mol. The Morgan fingerprint density at radius 1 is 1.75 bits per heavy atom. The molecule has 0 saturated heterocycles. The monoisotopic (exact) mass is 231 g/mol. The van der Waals surface area contributed by atoms with Gasteiger partial charge in [-0.1, -0.05) is 5.21 Å². The van der Waals surface area contributed by atoms with Crippen LogP contribution in [0.4, 0.5) is 0 Å². The Balaban J connectivity index is 2.36. The van der Waals surface area contributed by atoms with Crippen molar-refractivity contribution in [1.82, 2.24) is 15.0 Å². The summed E-state index contributed by atoms with van der Waals surface area (Å²) in [5.74, 6) is -0.833. The van der Waals surface area contributed by atoms with Crippen molar-refractivity contribution in [1.29, 1.82) is 0 Å². The molecule has 0 radical (unpaired) electrons. The van der Waals surface area contributed by atoms with Crippen molar-refractivity contribution in [2.45, 2.75) is 18.4 Å². The number of halogens is 1. The van der Waals surface area contributed by atoms with Crippen molar-refractivity contribution in [2.75, 3.05) is 0 Å². The van der Waals surface area contributed by atoms with Crippen LogP contribution in [0.5, 0.6) is 0 Å². The van der Waals surface area contributed by atoms with Crippen LogP contribution < -0.4 is 0 Å². The lowest BCUT2D eigenvalue weighted by Gasteiger charge is -2.07. The Kier molecular flexibility index (Phi) is 1.47. The van der Waals surface area contributed by atoms with Gasteiger partial charge < -0.3 is 5.11 Å². The fourth-order valence-corrected chi connectivity index (χ4v) is 1.38. The second-order valence-electron chi connectivity index (χ2n) is 2.82. The van der Waals surface area contributed by atoms with Crippen molar-refractivity contribution < 1.29 is 9.90 Å². The number of hydrogen-bond acceptors (Lipinski definition) is 3. The zero-order valence-corrected chi connectivity index (χ0v) is 7.65. The summed E-state index contributed by atoms with van der Waals surface area (Å²) >= 11 is 3.11. The topological polar surface area (TPSA) is 68.0 Å². The molecule has 0 aliphatic heterocycles. The number of carboxylic acid groups (broad SMARTS) is 1. The third kappa shape index (κ3) is 0.945. The number of aliphatic carboxylic acids is 1. The van der Waals surface area contributed by atoms with Crippen LogP contribution in [0, 0.1) is 0 Å². The van der Waals surface area contributed by atoms with Gasteiger partial charge in [-0.3, -0.25) is 0 Å². The van der Waals surface area contributed by atoms with E-state index in [-0.39, 0.29) is 0 Å². The molecule has 1 saturated carbocycles. The van der Waals surface area contributed by atoms with E-state index in [1.54, 1.807) is 6.20 Å². The summed E-state index contributed by atoms with van der Waals surface area (Å²) < 4.78 is 1.97. The lowest BCUT2D eigenvalue weighted by Crippen LogP contribution is -2.27. The molecule has 64 valence electrons. The number of nitrogens with zero attached hydrogens (tertiary/aromatic N) is 3. The standard InChI is InChI=1S/C6H6BrN3O2/c7-4-3-10(9-8-4)6(1-2-6)5(11)12/h3H,1-2H2,(H,11,12). The second kappa shape index (κ2) is 2.29. The van der Waals surface area contributed by atoms with Crippen LogP contribution in [-0.2, 0) is 10.3 Å². The number of carbonyl (C=O) groups is 1. The molecule has 6 heteroatoms. The number of hydrogen-bond donors (Lipinski definition) is 1. The molecule has 1 fully saturated rings. The summed E-state index contributed by atoms with van der Waals surface area (Å²) in [6, 6.07) is 0. The van der Waals surface area contributed by atoms with Gasteiger partial charge in [0.1, 0.15) is 4.60 Å². The highest BCUT2D eigenvalue weighted by molar-refractivity contribution is 9.10. The SMILES string of the molecule is O=C(O)C1(n2cc(Br)nn2)CC1. The molecule has 2 rings (SSSR count). The van der Waals surface area contributed by atoms with E-state index >= 15 is 0 Å². The zero-order chi connectivity index (χ0) is 8.77. The molecule has 0 atom stereocenters. The highest BCUT2D eigenvalue weighted by atomic mass is 79.9. The maximum Gasteiger partial charge on any atom is 0.331 e. The molecule has 0 spiro atoms. The Bertz CT molecular complexity index is 331. The Labute approximate surface area is 76.5 Å². The first kappa shape index (κ1) is 7.72. The molecule has 1 N–H and O–H groups in total. The molecule has 1 heterocycles. The van der Waals surface area contributed by atoms with Gasteiger partial charge in [0.25, 0.3) is 0 Å². The van der Waals surface area contributed by atoms with Crippen LogP contribution in [0.1, 0.15) is 12.8 Å². The number of rotatable bonds is 2. The smallest absolute Gasteiger partial charge is 0.331 e. The molecule has 1 aromatic rings. The Morgan fingerprint density at radius 2 is 2.42 bits per heavy atom. The van der Waals surface area contributed by atoms with Gasteiger partial charge in [-0.25, -0.2) is 9.48 Å². The van der Waals surface area contributed by atoms with Gasteiger partial charge in [0.15, 0.2) is 5.54 Å². The van der Waals surface area contributed by atoms with Crippen LogP contribution in [0.15, 0.2) is 10.8 Å². The molecule has 0 bridgehead atoms. The third-order valence-corrected chi connectivity index (χ3v) is 2.39.